The van der Waals surface area contributed by atoms with Crippen LogP contribution in [0, 0.1) is 0 Å². The van der Waals surface area contributed by atoms with E-state index in [0.29, 0.717) is 0 Å². The second-order valence-corrected chi connectivity index (χ2v) is 7.20. The molecule has 2 aromatic carbocycles. The van der Waals surface area contributed by atoms with Gasteiger partial charge in [0.2, 0.25) is 0 Å². The van der Waals surface area contributed by atoms with E-state index < -0.39 is 0 Å². The number of rotatable bonds is 7. The van der Waals surface area contributed by atoms with E-state index in [9.17, 15) is 0 Å². The number of unbranched alkanes of at least 4 members (excludes halogenated alkanes) is 5. The number of nitrogens with two attached hydrogens (primary N) is 1. The van der Waals surface area contributed by atoms with Crippen molar-refractivity contribution in [2.24, 2.45) is 0 Å². The molecule has 0 amide bonds. The summed E-state index contributed by atoms with van der Waals surface area (Å²) in [5.74, 6) is 0. The van der Waals surface area contributed by atoms with Gasteiger partial charge in [-0.25, -0.2) is 0 Å². The number of benzene rings is 2. The summed E-state index contributed by atoms with van der Waals surface area (Å²) in [5.41, 5.74) is 12.8. The predicted octanol–water partition coefficient (Wildman–Crippen LogP) is 6.31. The van der Waals surface area contributed by atoms with Gasteiger partial charge in [-0.15, -0.1) is 0 Å². The van der Waals surface area contributed by atoms with Gasteiger partial charge in [0.15, 0.2) is 0 Å². The van der Waals surface area contributed by atoms with Crippen molar-refractivity contribution in [2.45, 2.75) is 64.2 Å². The van der Waals surface area contributed by atoms with Crippen LogP contribution in [0.2, 0.25) is 0 Å². The summed E-state index contributed by atoms with van der Waals surface area (Å²) in [6.45, 7) is 4.68. The molecule has 0 fully saturated rings. The Kier molecular flexibility index (Phi) is 4.75. The quantitative estimate of drug-likeness (QED) is 0.471. The first-order chi connectivity index (χ1) is 11.2. The van der Waals surface area contributed by atoms with Gasteiger partial charge in [-0.3, -0.25) is 0 Å². The topological polar surface area (TPSA) is 26.0 Å². The van der Waals surface area contributed by atoms with Crippen LogP contribution in [-0.4, -0.2) is 0 Å². The molecular formula is C22H29N. The van der Waals surface area contributed by atoms with Crippen LogP contribution in [0.5, 0.6) is 0 Å². The smallest absolute Gasteiger partial charge is 0.0317 e. The van der Waals surface area contributed by atoms with Crippen LogP contribution in [0.25, 0.3) is 11.1 Å². The second kappa shape index (κ2) is 6.78. The minimum Gasteiger partial charge on any atom is -0.399 e. The molecule has 0 aromatic heterocycles. The van der Waals surface area contributed by atoms with Crippen molar-refractivity contribution in [2.75, 3.05) is 5.73 Å². The van der Waals surface area contributed by atoms with Crippen molar-refractivity contribution in [3.63, 3.8) is 0 Å². The van der Waals surface area contributed by atoms with E-state index in [4.69, 9.17) is 5.73 Å². The Morgan fingerprint density at radius 1 is 0.826 bits per heavy atom. The fourth-order valence-corrected chi connectivity index (χ4v) is 4.13. The standard InChI is InChI=1S/C22H29N/c1-3-4-5-6-7-10-15-22(2)20-12-9-8-11-18(20)19-14-13-17(23)16-21(19)22/h8-9,11-14,16H,3-7,10,15,23H2,1-2H3. The maximum atomic E-state index is 6.10. The molecule has 1 unspecified atom stereocenters. The zero-order valence-electron chi connectivity index (χ0n) is 14.6. The molecule has 0 spiro atoms. The fraction of sp³-hybridized carbons (Fsp3) is 0.455. The Morgan fingerprint density at radius 3 is 2.35 bits per heavy atom. The molecule has 122 valence electrons. The summed E-state index contributed by atoms with van der Waals surface area (Å²) in [4.78, 5) is 0. The van der Waals surface area contributed by atoms with E-state index in [1.165, 1.54) is 67.2 Å². The molecule has 0 aliphatic heterocycles. The second-order valence-electron chi connectivity index (χ2n) is 7.20. The normalized spacial score (nSPS) is 18.7. The molecule has 0 heterocycles. The van der Waals surface area contributed by atoms with Crippen LogP contribution in [0.4, 0.5) is 5.69 Å². The average molecular weight is 307 g/mol. The highest BCUT2D eigenvalue weighted by Crippen LogP contribution is 2.51. The Labute approximate surface area is 140 Å². The third-order valence-electron chi connectivity index (χ3n) is 5.48. The highest BCUT2D eigenvalue weighted by atomic mass is 14.6. The van der Waals surface area contributed by atoms with Gasteiger partial charge in [-0.1, -0.05) is 82.7 Å². The van der Waals surface area contributed by atoms with Crippen molar-refractivity contribution in [3.05, 3.63) is 53.6 Å². The van der Waals surface area contributed by atoms with Gasteiger partial charge in [0.05, 0.1) is 0 Å². The molecule has 2 aromatic rings. The lowest BCUT2D eigenvalue weighted by molar-refractivity contribution is 0.481. The van der Waals surface area contributed by atoms with Crippen LogP contribution in [0.3, 0.4) is 0 Å². The van der Waals surface area contributed by atoms with Gasteiger partial charge in [-0.2, -0.15) is 0 Å². The van der Waals surface area contributed by atoms with E-state index in [-0.39, 0.29) is 5.41 Å². The van der Waals surface area contributed by atoms with Gasteiger partial charge in [0.1, 0.15) is 0 Å². The number of nitrogen functional groups attached to an aromatic ring is 1. The fourth-order valence-electron chi connectivity index (χ4n) is 4.13. The highest BCUT2D eigenvalue weighted by molar-refractivity contribution is 5.82. The average Bonchev–Trinajstić information content (AvgIpc) is 2.81. The number of hydrogen-bond acceptors (Lipinski definition) is 1. The van der Waals surface area contributed by atoms with Crippen LogP contribution >= 0.6 is 0 Å². The predicted molar refractivity (Wildman–Crippen MR) is 101 cm³/mol. The lowest BCUT2D eigenvalue weighted by Gasteiger charge is -2.27. The van der Waals surface area contributed by atoms with Gasteiger partial charge < -0.3 is 5.73 Å². The molecule has 0 bridgehead atoms. The largest absolute Gasteiger partial charge is 0.399 e. The molecule has 1 aliphatic carbocycles. The van der Waals surface area contributed by atoms with E-state index in [0.717, 1.165) is 5.69 Å². The Bertz CT molecular complexity index is 673. The van der Waals surface area contributed by atoms with Crippen molar-refractivity contribution in [3.8, 4) is 11.1 Å². The zero-order valence-corrected chi connectivity index (χ0v) is 14.6. The molecule has 23 heavy (non-hydrogen) atoms. The van der Waals surface area contributed by atoms with E-state index >= 15 is 0 Å². The van der Waals surface area contributed by atoms with Gasteiger partial charge in [-0.05, 0) is 40.8 Å². The van der Waals surface area contributed by atoms with Crippen molar-refractivity contribution in [1.82, 2.24) is 0 Å². The molecular weight excluding hydrogens is 278 g/mol. The molecule has 1 aliphatic rings. The summed E-state index contributed by atoms with van der Waals surface area (Å²) >= 11 is 0. The lowest BCUT2D eigenvalue weighted by Crippen LogP contribution is -2.20. The number of anilines is 1. The molecule has 1 nitrogen and oxygen atoms in total. The first kappa shape index (κ1) is 16.1. The summed E-state index contributed by atoms with van der Waals surface area (Å²) < 4.78 is 0. The Balaban J connectivity index is 1.81. The third-order valence-corrected chi connectivity index (χ3v) is 5.48. The van der Waals surface area contributed by atoms with Crippen LogP contribution in [-0.2, 0) is 5.41 Å². The van der Waals surface area contributed by atoms with Gasteiger partial charge in [0.25, 0.3) is 0 Å². The summed E-state index contributed by atoms with van der Waals surface area (Å²) in [6.07, 6.45) is 9.30. The van der Waals surface area contributed by atoms with Crippen LogP contribution in [0.1, 0.15) is 69.9 Å². The molecule has 1 heteroatoms. The minimum absolute atomic E-state index is 0.117. The van der Waals surface area contributed by atoms with E-state index in [1.807, 2.05) is 6.07 Å². The lowest BCUT2D eigenvalue weighted by atomic mass is 9.76. The maximum Gasteiger partial charge on any atom is 0.0317 e. The monoisotopic (exact) mass is 307 g/mol. The van der Waals surface area contributed by atoms with E-state index in [2.05, 4.69) is 50.2 Å². The molecule has 1 atom stereocenters. The molecule has 3 rings (SSSR count). The highest BCUT2D eigenvalue weighted by Gasteiger charge is 2.38. The minimum atomic E-state index is 0.117. The zero-order chi connectivity index (χ0) is 16.3. The van der Waals surface area contributed by atoms with Crippen LogP contribution < -0.4 is 5.73 Å². The summed E-state index contributed by atoms with van der Waals surface area (Å²) in [5, 5.41) is 0. The number of fused-ring (bicyclic) bond motifs is 3. The first-order valence-electron chi connectivity index (χ1n) is 9.16. The maximum absolute atomic E-state index is 6.10. The van der Waals surface area contributed by atoms with E-state index in [1.54, 1.807) is 0 Å². The first-order valence-corrected chi connectivity index (χ1v) is 9.16. The molecule has 2 N–H and O–H groups in total. The Morgan fingerprint density at radius 2 is 1.52 bits per heavy atom. The van der Waals surface area contributed by atoms with Gasteiger partial charge in [0, 0.05) is 11.1 Å². The molecule has 0 radical (unpaired) electrons. The van der Waals surface area contributed by atoms with Crippen molar-refractivity contribution >= 4 is 5.69 Å². The SMILES string of the molecule is CCCCCCCCC1(C)c2ccccc2-c2ccc(N)cc21. The summed E-state index contributed by atoms with van der Waals surface area (Å²) in [7, 11) is 0. The van der Waals surface area contributed by atoms with Crippen LogP contribution in [0.15, 0.2) is 42.5 Å². The molecule has 0 saturated carbocycles. The van der Waals surface area contributed by atoms with Gasteiger partial charge >= 0.3 is 0 Å². The summed E-state index contributed by atoms with van der Waals surface area (Å²) in [6, 6.07) is 15.3. The molecule has 0 saturated heterocycles. The third kappa shape index (κ3) is 3.02. The van der Waals surface area contributed by atoms with Crippen molar-refractivity contribution < 1.29 is 0 Å². The number of hydrogen-bond donors (Lipinski definition) is 1. The van der Waals surface area contributed by atoms with Crippen molar-refractivity contribution in [1.29, 1.82) is 0 Å². The Hall–Kier alpha value is -1.76.